The van der Waals surface area contributed by atoms with Crippen molar-refractivity contribution in [3.8, 4) is 16.9 Å². The molecule has 1 aliphatic carbocycles. The van der Waals surface area contributed by atoms with Crippen LogP contribution in [-0.4, -0.2) is 17.8 Å². The zero-order valence-corrected chi connectivity index (χ0v) is 21.4. The molecule has 1 fully saturated rings. The minimum absolute atomic E-state index is 0.0564. The van der Waals surface area contributed by atoms with Crippen LogP contribution in [0, 0.1) is 29.2 Å². The molecule has 1 aliphatic rings. The molecule has 0 radical (unpaired) electrons. The monoisotopic (exact) mass is 524 g/mol. The standard InChI is InChI=1S/C32H32F4O2/c1-3-4-19-38-28-18-15-25(29(33)32(28)36)10-7-21-5-8-23(9-6-21)26-16-17-27(31(35)30(26)34)24-13-11-22(12-14-24)20(2)37/h3,5-10,15-18,20,22,24,37H,1,4,11-14,19H2,2H3/b10-7+. The van der Waals surface area contributed by atoms with Gasteiger partial charge < -0.3 is 9.84 Å². The molecule has 0 aliphatic heterocycles. The van der Waals surface area contributed by atoms with E-state index in [0.29, 0.717) is 23.1 Å². The third-order valence-corrected chi connectivity index (χ3v) is 7.34. The van der Waals surface area contributed by atoms with Crippen LogP contribution < -0.4 is 4.74 Å². The molecule has 0 bridgehead atoms. The number of rotatable bonds is 9. The molecular weight excluding hydrogens is 492 g/mol. The molecule has 3 aromatic carbocycles. The molecule has 200 valence electrons. The van der Waals surface area contributed by atoms with Crippen molar-refractivity contribution >= 4 is 12.2 Å². The number of ether oxygens (including phenoxy) is 1. The second-order valence-corrected chi connectivity index (χ2v) is 9.84. The van der Waals surface area contributed by atoms with Crippen LogP contribution in [0.3, 0.4) is 0 Å². The van der Waals surface area contributed by atoms with Crippen LogP contribution in [0.5, 0.6) is 5.75 Å². The zero-order chi connectivity index (χ0) is 27.2. The molecular formula is C32H32F4O2. The van der Waals surface area contributed by atoms with Crippen molar-refractivity contribution in [2.24, 2.45) is 5.92 Å². The molecule has 38 heavy (non-hydrogen) atoms. The summed E-state index contributed by atoms with van der Waals surface area (Å²) >= 11 is 0. The molecule has 0 aromatic heterocycles. The predicted molar refractivity (Wildman–Crippen MR) is 144 cm³/mol. The van der Waals surface area contributed by atoms with Crippen LogP contribution in [0.4, 0.5) is 17.6 Å². The summed E-state index contributed by atoms with van der Waals surface area (Å²) in [5.41, 5.74) is 1.82. The smallest absolute Gasteiger partial charge is 0.201 e. The lowest BCUT2D eigenvalue weighted by Crippen LogP contribution is -2.23. The molecule has 1 atom stereocenters. The second-order valence-electron chi connectivity index (χ2n) is 9.84. The first-order valence-corrected chi connectivity index (χ1v) is 13.0. The van der Waals surface area contributed by atoms with Gasteiger partial charge in [0.05, 0.1) is 12.7 Å². The van der Waals surface area contributed by atoms with Crippen molar-refractivity contribution < 1.29 is 27.4 Å². The van der Waals surface area contributed by atoms with Crippen molar-refractivity contribution in [2.75, 3.05) is 6.61 Å². The van der Waals surface area contributed by atoms with Crippen LogP contribution in [0.25, 0.3) is 23.3 Å². The number of hydrogen-bond donors (Lipinski definition) is 1. The van der Waals surface area contributed by atoms with Crippen LogP contribution in [-0.2, 0) is 0 Å². The summed E-state index contributed by atoms with van der Waals surface area (Å²) in [6, 6.07) is 12.8. The van der Waals surface area contributed by atoms with Crippen molar-refractivity contribution in [1.82, 2.24) is 0 Å². The average Bonchev–Trinajstić information content (AvgIpc) is 2.92. The Balaban J connectivity index is 1.46. The lowest BCUT2D eigenvalue weighted by molar-refractivity contribution is 0.0964. The highest BCUT2D eigenvalue weighted by molar-refractivity contribution is 5.73. The van der Waals surface area contributed by atoms with Gasteiger partial charge in [0.2, 0.25) is 5.82 Å². The van der Waals surface area contributed by atoms with E-state index in [2.05, 4.69) is 6.58 Å². The van der Waals surface area contributed by atoms with E-state index >= 15 is 8.78 Å². The number of aliphatic hydroxyl groups excluding tert-OH is 1. The van der Waals surface area contributed by atoms with E-state index in [0.717, 1.165) is 25.7 Å². The first-order valence-electron chi connectivity index (χ1n) is 13.0. The largest absolute Gasteiger partial charge is 0.490 e. The van der Waals surface area contributed by atoms with Gasteiger partial charge >= 0.3 is 0 Å². The first-order chi connectivity index (χ1) is 18.3. The Morgan fingerprint density at radius 2 is 1.58 bits per heavy atom. The number of aliphatic hydroxyl groups is 1. The lowest BCUT2D eigenvalue weighted by Gasteiger charge is -2.30. The number of halogens is 4. The molecule has 0 heterocycles. The SMILES string of the molecule is C=CCCOc1ccc(/C=C/c2ccc(-c3ccc(C4CCC(C(C)O)CC4)c(F)c3F)cc2)c(F)c1F. The summed E-state index contributed by atoms with van der Waals surface area (Å²) in [6.07, 6.45) is 7.86. The summed E-state index contributed by atoms with van der Waals surface area (Å²) in [6.45, 7) is 5.54. The van der Waals surface area contributed by atoms with Gasteiger partial charge in [-0.2, -0.15) is 4.39 Å². The highest BCUT2D eigenvalue weighted by Gasteiger charge is 2.28. The normalized spacial score (nSPS) is 18.5. The highest BCUT2D eigenvalue weighted by atomic mass is 19.2. The van der Waals surface area contributed by atoms with E-state index in [9.17, 15) is 13.9 Å². The van der Waals surface area contributed by atoms with Crippen molar-refractivity contribution in [1.29, 1.82) is 0 Å². The second kappa shape index (κ2) is 12.4. The summed E-state index contributed by atoms with van der Waals surface area (Å²) in [7, 11) is 0. The van der Waals surface area contributed by atoms with Crippen molar-refractivity contribution in [3.63, 3.8) is 0 Å². The highest BCUT2D eigenvalue weighted by Crippen LogP contribution is 2.40. The molecule has 3 aromatic rings. The van der Waals surface area contributed by atoms with Gasteiger partial charge in [0, 0.05) is 11.1 Å². The minimum atomic E-state index is -1.05. The van der Waals surface area contributed by atoms with E-state index in [-0.39, 0.29) is 41.4 Å². The van der Waals surface area contributed by atoms with Gasteiger partial charge in [-0.25, -0.2) is 13.2 Å². The summed E-state index contributed by atoms with van der Waals surface area (Å²) < 4.78 is 64.1. The molecule has 6 heteroatoms. The zero-order valence-electron chi connectivity index (χ0n) is 21.4. The molecule has 2 nitrogen and oxygen atoms in total. The maximum Gasteiger partial charge on any atom is 0.201 e. The quantitative estimate of drug-likeness (QED) is 0.131. The molecule has 0 saturated heterocycles. The lowest BCUT2D eigenvalue weighted by atomic mass is 9.76. The molecule has 4 rings (SSSR count). The fourth-order valence-electron chi connectivity index (χ4n) is 5.01. The fourth-order valence-corrected chi connectivity index (χ4v) is 5.01. The van der Waals surface area contributed by atoms with E-state index < -0.39 is 23.3 Å². The minimum Gasteiger partial charge on any atom is -0.490 e. The molecule has 1 N–H and O–H groups in total. The molecule has 0 spiro atoms. The molecule has 1 unspecified atom stereocenters. The van der Waals surface area contributed by atoms with Gasteiger partial charge in [-0.15, -0.1) is 6.58 Å². The first kappa shape index (κ1) is 27.6. The number of hydrogen-bond acceptors (Lipinski definition) is 2. The van der Waals surface area contributed by atoms with E-state index in [1.807, 2.05) is 0 Å². The Morgan fingerprint density at radius 3 is 2.24 bits per heavy atom. The predicted octanol–water partition coefficient (Wildman–Crippen LogP) is 8.69. The van der Waals surface area contributed by atoms with E-state index in [1.54, 1.807) is 55.5 Å². The van der Waals surface area contributed by atoms with Gasteiger partial charge in [-0.3, -0.25) is 0 Å². The maximum absolute atomic E-state index is 15.1. The van der Waals surface area contributed by atoms with Crippen molar-refractivity contribution in [2.45, 2.75) is 51.0 Å². The summed E-state index contributed by atoms with van der Waals surface area (Å²) in [5, 5.41) is 9.80. The Kier molecular flexibility index (Phi) is 9.05. The Hall–Kier alpha value is -3.38. The molecule has 0 amide bonds. The van der Waals surface area contributed by atoms with Gasteiger partial charge in [-0.1, -0.05) is 54.6 Å². The van der Waals surface area contributed by atoms with Gasteiger partial charge in [0.25, 0.3) is 0 Å². The summed E-state index contributed by atoms with van der Waals surface area (Å²) in [4.78, 5) is 0. The molecule has 1 saturated carbocycles. The van der Waals surface area contributed by atoms with Gasteiger partial charge in [-0.05, 0) is 79.7 Å². The third kappa shape index (κ3) is 6.18. The van der Waals surface area contributed by atoms with E-state index in [1.165, 1.54) is 18.2 Å². The van der Waals surface area contributed by atoms with Crippen LogP contribution in [0.1, 0.15) is 61.6 Å². The van der Waals surface area contributed by atoms with E-state index in [4.69, 9.17) is 4.74 Å². The van der Waals surface area contributed by atoms with Crippen LogP contribution >= 0.6 is 0 Å². The maximum atomic E-state index is 15.1. The van der Waals surface area contributed by atoms with Crippen molar-refractivity contribution in [3.05, 3.63) is 101 Å². The Bertz CT molecular complexity index is 1290. The summed E-state index contributed by atoms with van der Waals surface area (Å²) in [5.74, 6) is -3.76. The van der Waals surface area contributed by atoms with Gasteiger partial charge in [0.1, 0.15) is 0 Å². The third-order valence-electron chi connectivity index (χ3n) is 7.34. The average molecular weight is 525 g/mol. The van der Waals surface area contributed by atoms with Crippen LogP contribution in [0.2, 0.25) is 0 Å². The van der Waals surface area contributed by atoms with Gasteiger partial charge in [0.15, 0.2) is 23.2 Å². The van der Waals surface area contributed by atoms with Crippen LogP contribution in [0.15, 0.2) is 61.2 Å². The fraction of sp³-hybridized carbons (Fsp3) is 0.312. The Morgan fingerprint density at radius 1 is 0.868 bits per heavy atom. The topological polar surface area (TPSA) is 29.5 Å². The number of benzene rings is 3. The Labute approximate surface area is 221 Å².